The molecule has 2 rings (SSSR count). The number of carbonyl (C=O) groups is 1. The molecule has 0 aromatic heterocycles. The molecule has 1 heterocycles. The van der Waals surface area contributed by atoms with Crippen molar-refractivity contribution in [1.29, 1.82) is 5.26 Å². The summed E-state index contributed by atoms with van der Waals surface area (Å²) in [7, 11) is 0. The van der Waals surface area contributed by atoms with Gasteiger partial charge in [-0.05, 0) is 25.1 Å². The lowest BCUT2D eigenvalue weighted by Gasteiger charge is -2.29. The Bertz CT molecular complexity index is 478. The molecule has 1 saturated heterocycles. The van der Waals surface area contributed by atoms with Gasteiger partial charge in [0, 0.05) is 19.0 Å². The summed E-state index contributed by atoms with van der Waals surface area (Å²) < 4.78 is 0. The van der Waals surface area contributed by atoms with Crippen molar-refractivity contribution in [3.05, 3.63) is 29.8 Å². The topological polar surface area (TPSA) is 56.1 Å². The highest BCUT2D eigenvalue weighted by atomic mass is 16.2. The van der Waals surface area contributed by atoms with E-state index in [-0.39, 0.29) is 11.8 Å². The fourth-order valence-electron chi connectivity index (χ4n) is 2.19. The van der Waals surface area contributed by atoms with Crippen molar-refractivity contribution in [2.75, 3.05) is 24.5 Å². The number of para-hydroxylation sites is 1. The fourth-order valence-corrected chi connectivity index (χ4v) is 2.19. The summed E-state index contributed by atoms with van der Waals surface area (Å²) >= 11 is 0. The number of benzene rings is 1. The summed E-state index contributed by atoms with van der Waals surface area (Å²) in [6.07, 6.45) is 0.901. The molecule has 1 atom stereocenters. The largest absolute Gasteiger partial charge is 0.316 e. The maximum atomic E-state index is 12.3. The zero-order valence-electron chi connectivity index (χ0n) is 10.5. The van der Waals surface area contributed by atoms with E-state index in [1.807, 2.05) is 25.1 Å². The van der Waals surface area contributed by atoms with Crippen LogP contribution in [0.3, 0.4) is 0 Å². The summed E-state index contributed by atoms with van der Waals surface area (Å²) in [6.45, 7) is 4.18. The first-order valence-electron chi connectivity index (χ1n) is 6.25. The highest BCUT2D eigenvalue weighted by Gasteiger charge is 2.24. The number of amides is 1. The van der Waals surface area contributed by atoms with E-state index in [1.165, 1.54) is 0 Å². The SMILES string of the molecule is CC1CNCCCN(c2ccccc2C#N)C1=O. The van der Waals surface area contributed by atoms with Crippen LogP contribution in [0.5, 0.6) is 0 Å². The molecule has 1 unspecified atom stereocenters. The Balaban J connectivity index is 2.34. The van der Waals surface area contributed by atoms with Crippen LogP contribution < -0.4 is 10.2 Å². The van der Waals surface area contributed by atoms with E-state index < -0.39 is 0 Å². The molecule has 1 aromatic rings. The van der Waals surface area contributed by atoms with Gasteiger partial charge in [-0.2, -0.15) is 5.26 Å². The van der Waals surface area contributed by atoms with E-state index in [9.17, 15) is 4.79 Å². The van der Waals surface area contributed by atoms with E-state index in [0.717, 1.165) is 18.7 Å². The first kappa shape index (κ1) is 12.6. The number of carbonyl (C=O) groups excluding carboxylic acids is 1. The summed E-state index contributed by atoms with van der Waals surface area (Å²) in [5.74, 6) is 0.0296. The van der Waals surface area contributed by atoms with Gasteiger partial charge in [-0.3, -0.25) is 4.79 Å². The maximum Gasteiger partial charge on any atom is 0.231 e. The van der Waals surface area contributed by atoms with E-state index in [0.29, 0.717) is 18.7 Å². The Morgan fingerprint density at radius 3 is 3.00 bits per heavy atom. The van der Waals surface area contributed by atoms with Crippen LogP contribution in [0, 0.1) is 17.2 Å². The van der Waals surface area contributed by atoms with Crippen molar-refractivity contribution >= 4 is 11.6 Å². The molecule has 0 aliphatic carbocycles. The molecule has 1 fully saturated rings. The zero-order chi connectivity index (χ0) is 13.0. The highest BCUT2D eigenvalue weighted by Crippen LogP contribution is 2.22. The standard InChI is InChI=1S/C14H17N3O/c1-11-10-16-7-4-8-17(14(11)18)13-6-3-2-5-12(13)9-15/h2-3,5-6,11,16H,4,7-8,10H2,1H3. The van der Waals surface area contributed by atoms with Crippen LogP contribution in [-0.2, 0) is 4.79 Å². The predicted octanol–water partition coefficient (Wildman–Crippen LogP) is 1.52. The van der Waals surface area contributed by atoms with Crippen molar-refractivity contribution in [3.8, 4) is 6.07 Å². The van der Waals surface area contributed by atoms with Crippen LogP contribution in [0.4, 0.5) is 5.69 Å². The third-order valence-electron chi connectivity index (χ3n) is 3.19. The van der Waals surface area contributed by atoms with Gasteiger partial charge in [0.15, 0.2) is 0 Å². The number of anilines is 1. The van der Waals surface area contributed by atoms with E-state index in [4.69, 9.17) is 5.26 Å². The van der Waals surface area contributed by atoms with Gasteiger partial charge in [0.1, 0.15) is 6.07 Å². The molecular weight excluding hydrogens is 226 g/mol. The predicted molar refractivity (Wildman–Crippen MR) is 70.2 cm³/mol. The second-order valence-corrected chi connectivity index (χ2v) is 4.58. The molecule has 4 heteroatoms. The second kappa shape index (κ2) is 5.65. The molecule has 0 radical (unpaired) electrons. The third-order valence-corrected chi connectivity index (χ3v) is 3.19. The van der Waals surface area contributed by atoms with Gasteiger partial charge < -0.3 is 10.2 Å². The van der Waals surface area contributed by atoms with Crippen molar-refractivity contribution in [2.24, 2.45) is 5.92 Å². The molecule has 18 heavy (non-hydrogen) atoms. The van der Waals surface area contributed by atoms with Gasteiger partial charge in [-0.25, -0.2) is 0 Å². The van der Waals surface area contributed by atoms with E-state index >= 15 is 0 Å². The lowest BCUT2D eigenvalue weighted by Crippen LogP contribution is -2.43. The molecule has 0 saturated carbocycles. The van der Waals surface area contributed by atoms with Gasteiger partial charge in [0.05, 0.1) is 11.3 Å². The number of rotatable bonds is 1. The van der Waals surface area contributed by atoms with Crippen LogP contribution in [-0.4, -0.2) is 25.5 Å². The molecule has 4 nitrogen and oxygen atoms in total. The molecule has 1 aliphatic rings. The minimum atomic E-state index is -0.0583. The molecule has 94 valence electrons. The quantitative estimate of drug-likeness (QED) is 0.813. The van der Waals surface area contributed by atoms with Gasteiger partial charge in [-0.1, -0.05) is 19.1 Å². The zero-order valence-corrected chi connectivity index (χ0v) is 10.5. The molecule has 1 amide bonds. The molecule has 1 aliphatic heterocycles. The summed E-state index contributed by atoms with van der Waals surface area (Å²) in [6, 6.07) is 9.44. The Kier molecular flexibility index (Phi) is 3.96. The first-order chi connectivity index (χ1) is 8.74. The minimum absolute atomic E-state index is 0.0583. The maximum absolute atomic E-state index is 12.3. The number of nitrogens with one attached hydrogen (secondary N) is 1. The van der Waals surface area contributed by atoms with Gasteiger partial charge in [-0.15, -0.1) is 0 Å². The van der Waals surface area contributed by atoms with Gasteiger partial charge in [0.2, 0.25) is 5.91 Å². The summed E-state index contributed by atoms with van der Waals surface area (Å²) in [4.78, 5) is 14.1. The first-order valence-corrected chi connectivity index (χ1v) is 6.25. The van der Waals surface area contributed by atoms with Crippen LogP contribution in [0.15, 0.2) is 24.3 Å². The smallest absolute Gasteiger partial charge is 0.231 e. The average molecular weight is 243 g/mol. The summed E-state index contributed by atoms with van der Waals surface area (Å²) in [5, 5.41) is 12.4. The Morgan fingerprint density at radius 1 is 1.44 bits per heavy atom. The van der Waals surface area contributed by atoms with Gasteiger partial charge >= 0.3 is 0 Å². The van der Waals surface area contributed by atoms with Gasteiger partial charge in [0.25, 0.3) is 0 Å². The van der Waals surface area contributed by atoms with Crippen LogP contribution >= 0.6 is 0 Å². The van der Waals surface area contributed by atoms with Crippen LogP contribution in [0.2, 0.25) is 0 Å². The third kappa shape index (κ3) is 2.52. The van der Waals surface area contributed by atoms with Crippen LogP contribution in [0.1, 0.15) is 18.9 Å². The van der Waals surface area contributed by atoms with Crippen molar-refractivity contribution in [1.82, 2.24) is 5.32 Å². The lowest BCUT2D eigenvalue weighted by atomic mass is 10.1. The molecule has 1 N–H and O–H groups in total. The highest BCUT2D eigenvalue weighted by molar-refractivity contribution is 5.96. The molecule has 0 spiro atoms. The average Bonchev–Trinajstić information content (AvgIpc) is 2.40. The molecular formula is C14H17N3O. The summed E-state index contributed by atoms with van der Waals surface area (Å²) in [5.41, 5.74) is 1.30. The monoisotopic (exact) mass is 243 g/mol. The Morgan fingerprint density at radius 2 is 2.22 bits per heavy atom. The van der Waals surface area contributed by atoms with E-state index in [1.54, 1.807) is 11.0 Å². The molecule has 0 bridgehead atoms. The normalized spacial score (nSPS) is 21.0. The van der Waals surface area contributed by atoms with Crippen molar-refractivity contribution in [2.45, 2.75) is 13.3 Å². The minimum Gasteiger partial charge on any atom is -0.316 e. The van der Waals surface area contributed by atoms with Crippen molar-refractivity contribution in [3.63, 3.8) is 0 Å². The number of nitriles is 1. The van der Waals surface area contributed by atoms with Crippen LogP contribution in [0.25, 0.3) is 0 Å². The Labute approximate surface area is 107 Å². The van der Waals surface area contributed by atoms with Crippen molar-refractivity contribution < 1.29 is 4.79 Å². The fraction of sp³-hybridized carbons (Fsp3) is 0.429. The number of hydrogen-bond donors (Lipinski definition) is 1. The second-order valence-electron chi connectivity index (χ2n) is 4.58. The lowest BCUT2D eigenvalue weighted by molar-refractivity contribution is -0.122. The molecule has 1 aromatic carbocycles. The Hall–Kier alpha value is -1.86. The number of hydrogen-bond acceptors (Lipinski definition) is 3. The van der Waals surface area contributed by atoms with E-state index in [2.05, 4.69) is 11.4 Å². The number of nitrogens with zero attached hydrogens (tertiary/aromatic N) is 2.